The van der Waals surface area contributed by atoms with Crippen LogP contribution >= 0.6 is 0 Å². The maximum atomic E-state index is 11.7. The second-order valence-corrected chi connectivity index (χ2v) is 3.93. The van der Waals surface area contributed by atoms with Crippen LogP contribution in [0.5, 0.6) is 0 Å². The minimum Gasteiger partial charge on any atom is -0.299 e. The van der Waals surface area contributed by atoms with E-state index in [2.05, 4.69) is 9.97 Å². The van der Waals surface area contributed by atoms with Gasteiger partial charge in [-0.3, -0.25) is 14.8 Å². The summed E-state index contributed by atoms with van der Waals surface area (Å²) in [6, 6.07) is 7.64. The molecule has 2 aromatic heterocycles. The van der Waals surface area contributed by atoms with Gasteiger partial charge in [-0.05, 0) is 35.7 Å². The molecule has 3 nitrogen and oxygen atoms in total. The molecule has 0 amide bonds. The first-order valence-corrected chi connectivity index (χ1v) is 5.64. The fraction of sp³-hybridized carbons (Fsp3) is 0.214. The summed E-state index contributed by atoms with van der Waals surface area (Å²) in [6.45, 7) is 0. The monoisotopic (exact) mass is 226 g/mol. The fourth-order valence-electron chi connectivity index (χ4n) is 1.65. The number of Topliss-reactive ketones (excluding diaryl/α,β-unsaturated/α-hetero) is 1. The zero-order chi connectivity index (χ0) is 11.9. The molecule has 17 heavy (non-hydrogen) atoms. The third kappa shape index (κ3) is 3.79. The first-order valence-electron chi connectivity index (χ1n) is 5.64. The van der Waals surface area contributed by atoms with Crippen molar-refractivity contribution in [3.63, 3.8) is 0 Å². The van der Waals surface area contributed by atoms with E-state index in [1.807, 2.05) is 24.3 Å². The molecular weight excluding hydrogens is 212 g/mol. The number of aryl methyl sites for hydroxylation is 1. The minimum atomic E-state index is 0.250. The molecule has 0 aliphatic heterocycles. The van der Waals surface area contributed by atoms with E-state index in [4.69, 9.17) is 0 Å². The lowest BCUT2D eigenvalue weighted by Crippen LogP contribution is -2.04. The van der Waals surface area contributed by atoms with E-state index >= 15 is 0 Å². The van der Waals surface area contributed by atoms with Crippen LogP contribution < -0.4 is 0 Å². The number of carbonyl (C=O) groups is 1. The van der Waals surface area contributed by atoms with Crippen molar-refractivity contribution in [1.29, 1.82) is 0 Å². The van der Waals surface area contributed by atoms with Crippen LogP contribution in [0.25, 0.3) is 0 Å². The summed E-state index contributed by atoms with van der Waals surface area (Å²) in [6.07, 6.45) is 8.78. The van der Waals surface area contributed by atoms with Gasteiger partial charge in [-0.15, -0.1) is 0 Å². The SMILES string of the molecule is O=C(CCc1cccnc1)Cc1ccncc1. The minimum absolute atomic E-state index is 0.250. The lowest BCUT2D eigenvalue weighted by Gasteiger charge is -2.01. The summed E-state index contributed by atoms with van der Waals surface area (Å²) in [7, 11) is 0. The lowest BCUT2D eigenvalue weighted by molar-refractivity contribution is -0.118. The molecule has 0 aliphatic carbocycles. The summed E-state index contributed by atoms with van der Waals surface area (Å²) in [5.41, 5.74) is 2.13. The van der Waals surface area contributed by atoms with Gasteiger partial charge in [0.25, 0.3) is 0 Å². The van der Waals surface area contributed by atoms with E-state index < -0.39 is 0 Å². The summed E-state index contributed by atoms with van der Waals surface area (Å²) < 4.78 is 0. The molecule has 0 aromatic carbocycles. The maximum Gasteiger partial charge on any atom is 0.137 e. The predicted molar refractivity (Wildman–Crippen MR) is 65.5 cm³/mol. The van der Waals surface area contributed by atoms with Crippen LogP contribution in [0.2, 0.25) is 0 Å². The zero-order valence-electron chi connectivity index (χ0n) is 9.54. The van der Waals surface area contributed by atoms with Crippen LogP contribution in [0.4, 0.5) is 0 Å². The van der Waals surface area contributed by atoms with Crippen molar-refractivity contribution in [3.05, 3.63) is 60.2 Å². The van der Waals surface area contributed by atoms with E-state index in [1.54, 1.807) is 24.8 Å². The number of carbonyl (C=O) groups excluding carboxylic acids is 1. The van der Waals surface area contributed by atoms with Crippen molar-refractivity contribution in [3.8, 4) is 0 Å². The molecular formula is C14H14N2O. The Labute approximate surface area is 101 Å². The largest absolute Gasteiger partial charge is 0.299 e. The first-order chi connectivity index (χ1) is 8.34. The van der Waals surface area contributed by atoms with E-state index in [0.717, 1.165) is 17.5 Å². The Morgan fingerprint density at radius 2 is 1.82 bits per heavy atom. The van der Waals surface area contributed by atoms with Crippen LogP contribution in [0.1, 0.15) is 17.5 Å². The van der Waals surface area contributed by atoms with Crippen LogP contribution in [0.3, 0.4) is 0 Å². The van der Waals surface area contributed by atoms with Crippen molar-refractivity contribution >= 4 is 5.78 Å². The van der Waals surface area contributed by atoms with Gasteiger partial charge in [0.05, 0.1) is 0 Å². The molecule has 0 aliphatic rings. The fourth-order valence-corrected chi connectivity index (χ4v) is 1.65. The van der Waals surface area contributed by atoms with Gasteiger partial charge in [-0.2, -0.15) is 0 Å². The highest BCUT2D eigenvalue weighted by Gasteiger charge is 2.04. The van der Waals surface area contributed by atoms with Gasteiger partial charge in [0.15, 0.2) is 0 Å². The topological polar surface area (TPSA) is 42.9 Å². The van der Waals surface area contributed by atoms with Gasteiger partial charge in [0.2, 0.25) is 0 Å². The summed E-state index contributed by atoms with van der Waals surface area (Å²) in [4.78, 5) is 19.7. The van der Waals surface area contributed by atoms with E-state index in [1.165, 1.54) is 0 Å². The first kappa shape index (κ1) is 11.5. The highest BCUT2D eigenvalue weighted by Crippen LogP contribution is 2.05. The Hall–Kier alpha value is -2.03. The Morgan fingerprint density at radius 1 is 1.00 bits per heavy atom. The molecule has 0 N–H and O–H groups in total. The number of hydrogen-bond donors (Lipinski definition) is 0. The van der Waals surface area contributed by atoms with Crippen molar-refractivity contribution in [2.45, 2.75) is 19.3 Å². The number of ketones is 1. The van der Waals surface area contributed by atoms with Crippen molar-refractivity contribution < 1.29 is 4.79 Å². The highest BCUT2D eigenvalue weighted by molar-refractivity contribution is 5.81. The van der Waals surface area contributed by atoms with E-state index in [-0.39, 0.29) is 5.78 Å². The second kappa shape index (κ2) is 5.89. The maximum absolute atomic E-state index is 11.7. The van der Waals surface area contributed by atoms with Gasteiger partial charge in [-0.25, -0.2) is 0 Å². The third-order valence-corrected chi connectivity index (χ3v) is 2.57. The lowest BCUT2D eigenvalue weighted by atomic mass is 10.0. The molecule has 0 radical (unpaired) electrons. The molecule has 2 rings (SSSR count). The number of pyridine rings is 2. The van der Waals surface area contributed by atoms with E-state index in [0.29, 0.717) is 12.8 Å². The molecule has 2 aromatic rings. The molecule has 0 saturated heterocycles. The van der Waals surface area contributed by atoms with E-state index in [9.17, 15) is 4.79 Å². The molecule has 0 spiro atoms. The summed E-state index contributed by atoms with van der Waals surface area (Å²) in [5.74, 6) is 0.250. The van der Waals surface area contributed by atoms with Crippen LogP contribution in [0.15, 0.2) is 49.1 Å². The summed E-state index contributed by atoms with van der Waals surface area (Å²) in [5, 5.41) is 0. The Bertz CT molecular complexity index is 468. The van der Waals surface area contributed by atoms with Crippen molar-refractivity contribution in [1.82, 2.24) is 9.97 Å². The van der Waals surface area contributed by atoms with Crippen LogP contribution in [-0.2, 0) is 17.6 Å². The number of nitrogens with zero attached hydrogens (tertiary/aromatic N) is 2. The van der Waals surface area contributed by atoms with Crippen molar-refractivity contribution in [2.75, 3.05) is 0 Å². The second-order valence-electron chi connectivity index (χ2n) is 3.93. The molecule has 2 heterocycles. The molecule has 86 valence electrons. The molecule has 0 bridgehead atoms. The summed E-state index contributed by atoms with van der Waals surface area (Å²) >= 11 is 0. The molecule has 0 saturated carbocycles. The smallest absolute Gasteiger partial charge is 0.137 e. The Morgan fingerprint density at radius 3 is 2.53 bits per heavy atom. The van der Waals surface area contributed by atoms with Crippen LogP contribution in [-0.4, -0.2) is 15.8 Å². The van der Waals surface area contributed by atoms with Gasteiger partial charge in [0, 0.05) is 37.6 Å². The standard InChI is InChI=1S/C14H14N2O/c17-14(10-12-5-8-15-9-6-12)4-3-13-2-1-7-16-11-13/h1-2,5-9,11H,3-4,10H2. The molecule has 3 heteroatoms. The highest BCUT2D eigenvalue weighted by atomic mass is 16.1. The zero-order valence-corrected chi connectivity index (χ0v) is 9.54. The normalized spacial score (nSPS) is 10.1. The van der Waals surface area contributed by atoms with Gasteiger partial charge < -0.3 is 0 Å². The average molecular weight is 226 g/mol. The van der Waals surface area contributed by atoms with Gasteiger partial charge in [0.1, 0.15) is 5.78 Å². The third-order valence-electron chi connectivity index (χ3n) is 2.57. The molecule has 0 unspecified atom stereocenters. The molecule has 0 atom stereocenters. The number of rotatable bonds is 5. The quantitative estimate of drug-likeness (QED) is 0.785. The van der Waals surface area contributed by atoms with Crippen LogP contribution in [0, 0.1) is 0 Å². The average Bonchev–Trinajstić information content (AvgIpc) is 2.39. The molecule has 0 fully saturated rings. The van der Waals surface area contributed by atoms with Crippen molar-refractivity contribution in [2.24, 2.45) is 0 Å². The van der Waals surface area contributed by atoms with Gasteiger partial charge in [-0.1, -0.05) is 6.07 Å². The Balaban J connectivity index is 1.83. The predicted octanol–water partition coefficient (Wildman–Crippen LogP) is 2.22. The van der Waals surface area contributed by atoms with Gasteiger partial charge >= 0.3 is 0 Å². The Kier molecular flexibility index (Phi) is 3.97. The number of aromatic nitrogens is 2. The number of hydrogen-bond acceptors (Lipinski definition) is 3.